The number of tetrazole rings is 1. The van der Waals surface area contributed by atoms with Crippen LogP contribution >= 0.6 is 0 Å². The molecule has 0 saturated carbocycles. The number of nitriles is 1. The molecule has 0 aliphatic carbocycles. The van der Waals surface area contributed by atoms with Crippen LogP contribution < -0.4 is 16.0 Å². The molecule has 0 aliphatic rings. The number of hydrogen-bond donors (Lipinski definition) is 4. The quantitative estimate of drug-likeness (QED) is 0.329. The normalized spacial score (nSPS) is 10.8. The fourth-order valence-electron chi connectivity index (χ4n) is 2.86. The van der Waals surface area contributed by atoms with Crippen molar-refractivity contribution in [2.24, 2.45) is 0 Å². The highest BCUT2D eigenvalue weighted by Gasteiger charge is 2.08. The molecule has 4 aromatic rings. The lowest BCUT2D eigenvalue weighted by Gasteiger charge is -2.09. The maximum atomic E-state index is 12.7. The predicted octanol–water partition coefficient (Wildman–Crippen LogP) is 4.17. The molecule has 32 heavy (non-hydrogen) atoms. The number of para-hydroxylation sites is 1. The first-order valence-corrected chi connectivity index (χ1v) is 9.65. The van der Waals surface area contributed by atoms with E-state index in [-0.39, 0.29) is 17.3 Å². The first-order chi connectivity index (χ1) is 15.7. The Bertz CT molecular complexity index is 1260. The average Bonchev–Trinajstić information content (AvgIpc) is 3.36. The number of amides is 1. The predicted molar refractivity (Wildman–Crippen MR) is 122 cm³/mol. The maximum Gasteiger partial charge on any atom is 0.255 e. The third-order valence-electron chi connectivity index (χ3n) is 4.42. The van der Waals surface area contributed by atoms with Crippen LogP contribution in [0.4, 0.5) is 22.7 Å². The van der Waals surface area contributed by atoms with Gasteiger partial charge in [-0.1, -0.05) is 24.3 Å². The molecule has 4 rings (SSSR count). The number of aromatic nitrogens is 4. The van der Waals surface area contributed by atoms with Crippen molar-refractivity contribution in [2.75, 3.05) is 16.0 Å². The number of H-pyrrole nitrogens is 1. The van der Waals surface area contributed by atoms with Gasteiger partial charge in [-0.2, -0.15) is 10.5 Å². The topological polar surface area (TPSA) is 131 Å². The zero-order valence-electron chi connectivity index (χ0n) is 16.8. The van der Waals surface area contributed by atoms with E-state index in [1.807, 2.05) is 60.7 Å². The molecule has 9 nitrogen and oxygen atoms in total. The second kappa shape index (κ2) is 9.69. The Kier molecular flexibility index (Phi) is 6.15. The SMILES string of the molecule is N#CC(=CNc1cccc(C(=O)Nc2ccc(Nc3ccccc3)cc2)c1)c1nn[nH]n1. The first kappa shape index (κ1) is 20.3. The zero-order chi connectivity index (χ0) is 22.2. The van der Waals surface area contributed by atoms with Crippen molar-refractivity contribution in [1.82, 2.24) is 20.6 Å². The Labute approximate surface area is 183 Å². The largest absolute Gasteiger partial charge is 0.360 e. The molecule has 0 aliphatic heterocycles. The number of nitrogens with zero attached hydrogens (tertiary/aromatic N) is 4. The molecular weight excluding hydrogens is 404 g/mol. The standard InChI is InChI=1S/C23H18N8O/c24-14-17(22-28-30-31-29-22)15-25-21-8-4-5-16(13-21)23(32)27-20-11-9-19(10-12-20)26-18-6-2-1-3-7-18/h1-13,15,25-26H,(H,27,32)(H,28,29,30,31). The summed E-state index contributed by atoms with van der Waals surface area (Å²) in [4.78, 5) is 12.7. The van der Waals surface area contributed by atoms with Gasteiger partial charge in [0.2, 0.25) is 5.82 Å². The van der Waals surface area contributed by atoms with Crippen molar-refractivity contribution in [3.05, 3.63) is 96.5 Å². The molecule has 156 valence electrons. The van der Waals surface area contributed by atoms with Gasteiger partial charge in [-0.15, -0.1) is 10.2 Å². The van der Waals surface area contributed by atoms with Gasteiger partial charge in [-0.3, -0.25) is 4.79 Å². The van der Waals surface area contributed by atoms with E-state index in [1.54, 1.807) is 24.3 Å². The van der Waals surface area contributed by atoms with Crippen molar-refractivity contribution in [2.45, 2.75) is 0 Å². The van der Waals surface area contributed by atoms with Crippen LogP contribution in [0.15, 0.2) is 85.1 Å². The van der Waals surface area contributed by atoms with E-state index in [4.69, 9.17) is 0 Å². The second-order valence-corrected chi connectivity index (χ2v) is 6.65. The lowest BCUT2D eigenvalue weighted by atomic mass is 10.1. The third kappa shape index (κ3) is 5.14. The number of nitrogens with one attached hydrogen (secondary N) is 4. The van der Waals surface area contributed by atoms with Gasteiger partial charge in [-0.05, 0) is 59.8 Å². The molecule has 3 aromatic carbocycles. The van der Waals surface area contributed by atoms with E-state index in [0.29, 0.717) is 16.9 Å². The van der Waals surface area contributed by atoms with Crippen LogP contribution in [0.1, 0.15) is 16.2 Å². The van der Waals surface area contributed by atoms with Crippen molar-refractivity contribution in [3.63, 3.8) is 0 Å². The minimum absolute atomic E-state index is 0.180. The Morgan fingerprint density at radius 1 is 0.906 bits per heavy atom. The lowest BCUT2D eigenvalue weighted by Crippen LogP contribution is -2.12. The summed E-state index contributed by atoms with van der Waals surface area (Å²) in [5.74, 6) is -0.0702. The maximum absolute atomic E-state index is 12.7. The van der Waals surface area contributed by atoms with Gasteiger partial charge in [0.25, 0.3) is 5.91 Å². The molecule has 0 fully saturated rings. The summed E-state index contributed by atoms with van der Waals surface area (Å²) in [5, 5.41) is 31.7. The number of aromatic amines is 1. The van der Waals surface area contributed by atoms with Gasteiger partial charge < -0.3 is 16.0 Å². The van der Waals surface area contributed by atoms with Crippen molar-refractivity contribution in [3.8, 4) is 6.07 Å². The molecule has 1 amide bonds. The molecule has 4 N–H and O–H groups in total. The second-order valence-electron chi connectivity index (χ2n) is 6.65. The summed E-state index contributed by atoms with van der Waals surface area (Å²) in [6, 6.07) is 26.2. The Morgan fingerprint density at radius 3 is 2.34 bits per heavy atom. The Morgan fingerprint density at radius 2 is 1.62 bits per heavy atom. The minimum Gasteiger partial charge on any atom is -0.360 e. The highest BCUT2D eigenvalue weighted by Crippen LogP contribution is 2.20. The number of rotatable bonds is 7. The molecule has 0 radical (unpaired) electrons. The average molecular weight is 422 g/mol. The number of hydrogen-bond acceptors (Lipinski definition) is 7. The highest BCUT2D eigenvalue weighted by molar-refractivity contribution is 6.04. The van der Waals surface area contributed by atoms with Gasteiger partial charge in [0, 0.05) is 34.5 Å². The van der Waals surface area contributed by atoms with Crippen LogP contribution in [0, 0.1) is 11.3 Å². The molecule has 0 spiro atoms. The zero-order valence-corrected chi connectivity index (χ0v) is 16.8. The fourth-order valence-corrected chi connectivity index (χ4v) is 2.86. The number of anilines is 4. The summed E-state index contributed by atoms with van der Waals surface area (Å²) in [7, 11) is 0. The summed E-state index contributed by atoms with van der Waals surface area (Å²) in [5.41, 5.74) is 3.89. The summed E-state index contributed by atoms with van der Waals surface area (Å²) < 4.78 is 0. The van der Waals surface area contributed by atoms with Crippen LogP contribution in [0.3, 0.4) is 0 Å². The van der Waals surface area contributed by atoms with Crippen LogP contribution in [-0.2, 0) is 0 Å². The van der Waals surface area contributed by atoms with Crippen LogP contribution in [0.5, 0.6) is 0 Å². The number of benzene rings is 3. The summed E-state index contributed by atoms with van der Waals surface area (Å²) >= 11 is 0. The van der Waals surface area contributed by atoms with Crippen molar-refractivity contribution in [1.29, 1.82) is 5.26 Å². The summed E-state index contributed by atoms with van der Waals surface area (Å²) in [6.07, 6.45) is 1.46. The lowest BCUT2D eigenvalue weighted by molar-refractivity contribution is 0.102. The molecule has 0 unspecified atom stereocenters. The van der Waals surface area contributed by atoms with Crippen LogP contribution in [-0.4, -0.2) is 26.5 Å². The first-order valence-electron chi connectivity index (χ1n) is 9.65. The summed E-state index contributed by atoms with van der Waals surface area (Å²) in [6.45, 7) is 0. The monoisotopic (exact) mass is 422 g/mol. The van der Waals surface area contributed by atoms with Crippen molar-refractivity contribution >= 4 is 34.2 Å². The van der Waals surface area contributed by atoms with E-state index < -0.39 is 0 Å². The molecule has 1 heterocycles. The van der Waals surface area contributed by atoms with Gasteiger partial charge in [-0.25, -0.2) is 0 Å². The number of carbonyl (C=O) groups excluding carboxylic acids is 1. The number of allylic oxidation sites excluding steroid dienone is 1. The molecular formula is C23H18N8O. The van der Waals surface area contributed by atoms with E-state index in [2.05, 4.69) is 36.6 Å². The fraction of sp³-hybridized carbons (Fsp3) is 0. The molecule has 0 saturated heterocycles. The Hall–Kier alpha value is -4.97. The third-order valence-corrected chi connectivity index (χ3v) is 4.42. The highest BCUT2D eigenvalue weighted by atomic mass is 16.1. The molecule has 1 aromatic heterocycles. The molecule has 0 atom stereocenters. The van der Waals surface area contributed by atoms with Crippen molar-refractivity contribution < 1.29 is 4.79 Å². The van der Waals surface area contributed by atoms with Gasteiger partial charge in [0.1, 0.15) is 11.6 Å². The molecule has 0 bridgehead atoms. The van der Waals surface area contributed by atoms with Crippen LogP contribution in [0.25, 0.3) is 5.57 Å². The minimum atomic E-state index is -0.250. The van der Waals surface area contributed by atoms with E-state index in [0.717, 1.165) is 11.4 Å². The van der Waals surface area contributed by atoms with E-state index in [1.165, 1.54) is 6.20 Å². The molecule has 9 heteroatoms. The smallest absolute Gasteiger partial charge is 0.255 e. The Balaban J connectivity index is 1.40. The van der Waals surface area contributed by atoms with Gasteiger partial charge in [0.05, 0.1) is 0 Å². The van der Waals surface area contributed by atoms with Gasteiger partial charge in [0.15, 0.2) is 0 Å². The number of carbonyl (C=O) groups is 1. The van der Waals surface area contributed by atoms with Gasteiger partial charge >= 0.3 is 0 Å². The van der Waals surface area contributed by atoms with E-state index >= 15 is 0 Å². The van der Waals surface area contributed by atoms with Crippen LogP contribution in [0.2, 0.25) is 0 Å². The van der Waals surface area contributed by atoms with E-state index in [9.17, 15) is 10.1 Å².